The molecule has 3 fully saturated rings. The lowest BCUT2D eigenvalue weighted by Gasteiger charge is -2.25. The number of halogens is 1. The van der Waals surface area contributed by atoms with Gasteiger partial charge in [-0.15, -0.1) is 0 Å². The molecule has 6 unspecified atom stereocenters. The number of carbonyl (C=O) groups excluding carboxylic acids is 3. The largest absolute Gasteiger partial charge is 0.458 e. The molecule has 0 amide bonds. The topological polar surface area (TPSA) is 78.9 Å². The molecule has 6 atom stereocenters. The summed E-state index contributed by atoms with van der Waals surface area (Å²) in [7, 11) is 0. The molecule has 0 aromatic carbocycles. The van der Waals surface area contributed by atoms with Crippen molar-refractivity contribution >= 4 is 40.5 Å². The summed E-state index contributed by atoms with van der Waals surface area (Å²) in [6, 6.07) is 0. The maximum Gasteiger partial charge on any atom is 0.344 e. The van der Waals surface area contributed by atoms with Gasteiger partial charge in [0.1, 0.15) is 15.6 Å². The minimum Gasteiger partial charge on any atom is -0.458 e. The third-order valence-corrected chi connectivity index (χ3v) is 6.13. The average molecular weight is 436 g/mol. The van der Waals surface area contributed by atoms with E-state index < -0.39 is 15.4 Å². The van der Waals surface area contributed by atoms with E-state index in [0.29, 0.717) is 6.42 Å². The minimum atomic E-state index is -0.632. The molecule has 3 aliphatic rings. The summed E-state index contributed by atoms with van der Waals surface area (Å²) in [4.78, 5) is 35.6. The highest BCUT2D eigenvalue weighted by molar-refractivity contribution is 14.1. The number of rotatable bonds is 6. The van der Waals surface area contributed by atoms with Gasteiger partial charge in [0.05, 0.1) is 5.92 Å². The minimum absolute atomic E-state index is 0.00782. The van der Waals surface area contributed by atoms with E-state index in [1.165, 1.54) is 0 Å². The first-order valence-electron chi connectivity index (χ1n) is 8.09. The van der Waals surface area contributed by atoms with Crippen molar-refractivity contribution in [2.45, 2.75) is 55.2 Å². The normalized spacial score (nSPS) is 36.5. The molecule has 7 heteroatoms. The maximum atomic E-state index is 12.0. The molecule has 2 saturated carbocycles. The van der Waals surface area contributed by atoms with E-state index in [2.05, 4.69) is 0 Å². The lowest BCUT2D eigenvalue weighted by Crippen LogP contribution is -2.38. The standard InChI is InChI=1S/C16H21IO6/c1-3-4-16(2,17)15(20)21-7-11(18)22-12-8-5-9-10(6-8)14(19)23-13(9)12/h8-10,12-13H,3-7H2,1-2H3. The molecule has 0 aromatic heterocycles. The van der Waals surface area contributed by atoms with Gasteiger partial charge in [0.25, 0.3) is 0 Å². The van der Waals surface area contributed by atoms with E-state index in [1.54, 1.807) is 6.92 Å². The quantitative estimate of drug-likeness (QED) is 0.275. The van der Waals surface area contributed by atoms with E-state index in [0.717, 1.165) is 19.3 Å². The summed E-state index contributed by atoms with van der Waals surface area (Å²) in [5.74, 6) is -0.762. The number of hydrogen-bond donors (Lipinski definition) is 0. The van der Waals surface area contributed by atoms with Gasteiger partial charge in [0.2, 0.25) is 0 Å². The smallest absolute Gasteiger partial charge is 0.344 e. The summed E-state index contributed by atoms with van der Waals surface area (Å²) >= 11 is 2.05. The zero-order chi connectivity index (χ0) is 16.8. The van der Waals surface area contributed by atoms with Crippen molar-refractivity contribution in [3.8, 4) is 0 Å². The monoisotopic (exact) mass is 436 g/mol. The van der Waals surface area contributed by atoms with Gasteiger partial charge in [-0.25, -0.2) is 4.79 Å². The fourth-order valence-corrected chi connectivity index (χ4v) is 4.79. The number of carbonyl (C=O) groups is 3. The molecule has 23 heavy (non-hydrogen) atoms. The third kappa shape index (κ3) is 3.08. The second kappa shape index (κ2) is 6.22. The Bertz CT molecular complexity index is 531. The van der Waals surface area contributed by atoms with Gasteiger partial charge in [-0.2, -0.15) is 0 Å². The van der Waals surface area contributed by atoms with E-state index in [-0.39, 0.29) is 42.5 Å². The number of fused-ring (bicyclic) bond motifs is 1. The molecule has 3 rings (SSSR count). The molecule has 128 valence electrons. The van der Waals surface area contributed by atoms with Gasteiger partial charge >= 0.3 is 17.9 Å². The van der Waals surface area contributed by atoms with Crippen LogP contribution in [0.4, 0.5) is 0 Å². The summed E-state index contributed by atoms with van der Waals surface area (Å²) in [5, 5.41) is 0. The Morgan fingerprint density at radius 3 is 2.83 bits per heavy atom. The molecule has 1 saturated heterocycles. The first-order valence-corrected chi connectivity index (χ1v) is 9.17. The highest BCUT2D eigenvalue weighted by atomic mass is 127. The summed E-state index contributed by atoms with van der Waals surface area (Å²) in [6.45, 7) is 3.39. The average Bonchev–Trinajstić information content (AvgIpc) is 3.09. The van der Waals surface area contributed by atoms with Gasteiger partial charge in [0, 0.05) is 11.8 Å². The molecule has 6 nitrogen and oxygen atoms in total. The van der Waals surface area contributed by atoms with Crippen molar-refractivity contribution in [1.29, 1.82) is 0 Å². The van der Waals surface area contributed by atoms with Crippen molar-refractivity contribution < 1.29 is 28.6 Å². The second-order valence-corrected chi connectivity index (χ2v) is 9.26. The van der Waals surface area contributed by atoms with Crippen LogP contribution in [-0.4, -0.2) is 40.1 Å². The van der Waals surface area contributed by atoms with Gasteiger partial charge in [-0.3, -0.25) is 9.59 Å². The molecule has 1 aliphatic heterocycles. The van der Waals surface area contributed by atoms with Gasteiger partial charge in [-0.05, 0) is 26.2 Å². The fraction of sp³-hybridized carbons (Fsp3) is 0.812. The van der Waals surface area contributed by atoms with Crippen molar-refractivity contribution in [3.05, 3.63) is 0 Å². The van der Waals surface area contributed by atoms with Crippen LogP contribution in [0.2, 0.25) is 0 Å². The van der Waals surface area contributed by atoms with Crippen LogP contribution in [0.3, 0.4) is 0 Å². The molecule has 1 heterocycles. The first-order chi connectivity index (χ1) is 10.8. The summed E-state index contributed by atoms with van der Waals surface area (Å²) in [6.07, 6.45) is 2.48. The van der Waals surface area contributed by atoms with Crippen LogP contribution in [0.1, 0.15) is 39.5 Å². The predicted octanol–water partition coefficient (Wildman–Crippen LogP) is 2.02. The van der Waals surface area contributed by atoms with Gasteiger partial charge in [-0.1, -0.05) is 35.9 Å². The zero-order valence-electron chi connectivity index (χ0n) is 13.2. The Kier molecular flexibility index (Phi) is 4.59. The molecule has 0 radical (unpaired) electrons. The molecule has 2 bridgehead atoms. The van der Waals surface area contributed by atoms with Crippen LogP contribution in [0, 0.1) is 17.8 Å². The van der Waals surface area contributed by atoms with Crippen LogP contribution >= 0.6 is 22.6 Å². The Morgan fingerprint density at radius 2 is 2.13 bits per heavy atom. The zero-order valence-corrected chi connectivity index (χ0v) is 15.4. The Labute approximate surface area is 148 Å². The van der Waals surface area contributed by atoms with Crippen molar-refractivity contribution in [2.24, 2.45) is 17.8 Å². The first kappa shape index (κ1) is 17.0. The molecule has 0 N–H and O–H groups in total. The van der Waals surface area contributed by atoms with Crippen LogP contribution in [0.5, 0.6) is 0 Å². The highest BCUT2D eigenvalue weighted by Gasteiger charge is 2.63. The lowest BCUT2D eigenvalue weighted by atomic mass is 9.88. The fourth-order valence-electron chi connectivity index (χ4n) is 4.10. The molecular weight excluding hydrogens is 415 g/mol. The number of alkyl halides is 1. The number of hydrogen-bond acceptors (Lipinski definition) is 6. The third-order valence-electron chi connectivity index (χ3n) is 5.15. The Hall–Kier alpha value is -0.860. The van der Waals surface area contributed by atoms with Crippen molar-refractivity contribution in [3.63, 3.8) is 0 Å². The van der Waals surface area contributed by atoms with Crippen LogP contribution < -0.4 is 0 Å². The molecular formula is C16H21IO6. The SMILES string of the molecule is CCCC(C)(I)C(=O)OCC(=O)OC1C2CC3C(=O)OC1C3C2. The Balaban J connectivity index is 1.49. The van der Waals surface area contributed by atoms with Crippen molar-refractivity contribution in [1.82, 2.24) is 0 Å². The van der Waals surface area contributed by atoms with Crippen molar-refractivity contribution in [2.75, 3.05) is 6.61 Å². The van der Waals surface area contributed by atoms with E-state index >= 15 is 0 Å². The number of esters is 3. The Morgan fingerprint density at radius 1 is 1.39 bits per heavy atom. The van der Waals surface area contributed by atoms with E-state index in [1.807, 2.05) is 29.5 Å². The summed E-state index contributed by atoms with van der Waals surface area (Å²) in [5.41, 5.74) is 0. The summed E-state index contributed by atoms with van der Waals surface area (Å²) < 4.78 is 15.2. The lowest BCUT2D eigenvalue weighted by molar-refractivity contribution is -0.170. The van der Waals surface area contributed by atoms with E-state index in [9.17, 15) is 14.4 Å². The predicted molar refractivity (Wildman–Crippen MR) is 87.8 cm³/mol. The van der Waals surface area contributed by atoms with E-state index in [4.69, 9.17) is 14.2 Å². The molecule has 2 aliphatic carbocycles. The maximum absolute atomic E-state index is 12.0. The van der Waals surface area contributed by atoms with Gasteiger partial charge in [0.15, 0.2) is 6.61 Å². The van der Waals surface area contributed by atoms with Crippen LogP contribution in [0.25, 0.3) is 0 Å². The number of ether oxygens (including phenoxy) is 3. The highest BCUT2D eigenvalue weighted by Crippen LogP contribution is 2.55. The van der Waals surface area contributed by atoms with Gasteiger partial charge < -0.3 is 14.2 Å². The van der Waals surface area contributed by atoms with Crippen LogP contribution in [0.15, 0.2) is 0 Å². The second-order valence-electron chi connectivity index (χ2n) is 6.88. The van der Waals surface area contributed by atoms with Crippen LogP contribution in [-0.2, 0) is 28.6 Å². The molecule has 0 aromatic rings. The molecule has 0 spiro atoms.